The van der Waals surface area contributed by atoms with Crippen LogP contribution in [0.4, 0.5) is 16.2 Å². The van der Waals surface area contributed by atoms with Crippen LogP contribution in [0.3, 0.4) is 0 Å². The van der Waals surface area contributed by atoms with Crippen LogP contribution in [-0.4, -0.2) is 78.9 Å². The standard InChI is InChI=1S/C21H33N5O3/c1-14(2)23(5)21(29)25-12-15(3)26(16(4)28)19-7-6-17(10-20(19)25)18-11-22-24(13-18)8-9-27/h6-7,10,14-15,18,22,27H,8-9,11-13H2,1-5H3/t15-,18?/m0/s1. The Balaban J connectivity index is 1.98. The Hall–Kier alpha value is -2.16. The minimum atomic E-state index is -0.0939. The van der Waals surface area contributed by atoms with Crippen LogP contribution in [0.1, 0.15) is 39.2 Å². The Morgan fingerprint density at radius 1 is 1.28 bits per heavy atom. The van der Waals surface area contributed by atoms with E-state index in [1.165, 1.54) is 0 Å². The van der Waals surface area contributed by atoms with Crippen molar-refractivity contribution in [1.29, 1.82) is 0 Å². The molecule has 1 fully saturated rings. The van der Waals surface area contributed by atoms with E-state index in [2.05, 4.69) is 17.6 Å². The molecule has 0 saturated carbocycles. The lowest BCUT2D eigenvalue weighted by Gasteiger charge is -2.42. The molecule has 0 radical (unpaired) electrons. The molecule has 1 aromatic rings. The minimum Gasteiger partial charge on any atom is -0.395 e. The number of amides is 3. The monoisotopic (exact) mass is 403 g/mol. The van der Waals surface area contributed by atoms with Crippen molar-refractivity contribution in [2.45, 2.75) is 45.7 Å². The van der Waals surface area contributed by atoms with Crippen molar-refractivity contribution < 1.29 is 14.7 Å². The molecule has 1 aromatic carbocycles. The number of carbonyl (C=O) groups excluding carboxylic acids is 2. The summed E-state index contributed by atoms with van der Waals surface area (Å²) in [5, 5.41) is 11.2. The number of nitrogens with one attached hydrogen (secondary N) is 1. The minimum absolute atomic E-state index is 0.0209. The van der Waals surface area contributed by atoms with E-state index in [1.54, 1.807) is 21.6 Å². The summed E-state index contributed by atoms with van der Waals surface area (Å²) in [7, 11) is 1.81. The van der Waals surface area contributed by atoms with Crippen LogP contribution in [0.15, 0.2) is 18.2 Å². The second-order valence-corrected chi connectivity index (χ2v) is 8.31. The molecule has 3 amide bonds. The van der Waals surface area contributed by atoms with E-state index in [1.807, 2.05) is 38.9 Å². The number of fused-ring (bicyclic) bond motifs is 1. The number of aliphatic hydroxyl groups is 1. The summed E-state index contributed by atoms with van der Waals surface area (Å²) in [5.41, 5.74) is 6.00. The van der Waals surface area contributed by atoms with Crippen LogP contribution in [0.5, 0.6) is 0 Å². The molecule has 0 aliphatic carbocycles. The summed E-state index contributed by atoms with van der Waals surface area (Å²) >= 11 is 0. The summed E-state index contributed by atoms with van der Waals surface area (Å²) in [4.78, 5) is 30.8. The number of aliphatic hydroxyl groups excluding tert-OH is 1. The molecule has 8 heteroatoms. The third-order valence-electron chi connectivity index (χ3n) is 5.93. The molecule has 3 rings (SSSR count). The Bertz CT molecular complexity index is 769. The number of urea groups is 1. The van der Waals surface area contributed by atoms with Gasteiger partial charge in [0.25, 0.3) is 0 Å². The van der Waals surface area contributed by atoms with E-state index in [4.69, 9.17) is 0 Å². The quantitative estimate of drug-likeness (QED) is 0.798. The lowest BCUT2D eigenvalue weighted by Crippen LogP contribution is -2.54. The predicted molar refractivity (Wildman–Crippen MR) is 114 cm³/mol. The first kappa shape index (κ1) is 21.5. The molecule has 2 aliphatic rings. The van der Waals surface area contributed by atoms with Gasteiger partial charge in [0.15, 0.2) is 0 Å². The molecule has 1 unspecified atom stereocenters. The lowest BCUT2D eigenvalue weighted by atomic mass is 9.96. The Kier molecular flexibility index (Phi) is 6.45. The van der Waals surface area contributed by atoms with Crippen LogP contribution >= 0.6 is 0 Å². The second-order valence-electron chi connectivity index (χ2n) is 8.31. The summed E-state index contributed by atoms with van der Waals surface area (Å²) in [6.07, 6.45) is 0. The van der Waals surface area contributed by atoms with Gasteiger partial charge in [-0.1, -0.05) is 6.07 Å². The van der Waals surface area contributed by atoms with Crippen molar-refractivity contribution in [2.24, 2.45) is 0 Å². The zero-order valence-electron chi connectivity index (χ0n) is 18.1. The highest BCUT2D eigenvalue weighted by Gasteiger charge is 2.36. The lowest BCUT2D eigenvalue weighted by molar-refractivity contribution is -0.117. The molecular formula is C21H33N5O3. The summed E-state index contributed by atoms with van der Waals surface area (Å²) in [6, 6.07) is 6.00. The number of benzene rings is 1. The molecule has 160 valence electrons. The number of hydrogen-bond acceptors (Lipinski definition) is 5. The fraction of sp³-hybridized carbons (Fsp3) is 0.619. The average Bonchev–Trinajstić information content (AvgIpc) is 3.14. The fourth-order valence-corrected chi connectivity index (χ4v) is 4.12. The van der Waals surface area contributed by atoms with Crippen LogP contribution in [0, 0.1) is 0 Å². The topological polar surface area (TPSA) is 79.4 Å². The smallest absolute Gasteiger partial charge is 0.324 e. The van der Waals surface area contributed by atoms with E-state index in [0.717, 1.165) is 30.0 Å². The average molecular weight is 404 g/mol. The molecule has 0 aromatic heterocycles. The van der Waals surface area contributed by atoms with Crippen LogP contribution in [0.25, 0.3) is 0 Å². The van der Waals surface area contributed by atoms with Gasteiger partial charge in [-0.05, 0) is 38.5 Å². The highest BCUT2D eigenvalue weighted by Crippen LogP contribution is 2.39. The van der Waals surface area contributed by atoms with Crippen molar-refractivity contribution in [3.63, 3.8) is 0 Å². The molecule has 2 N–H and O–H groups in total. The molecule has 0 spiro atoms. The van der Waals surface area contributed by atoms with Gasteiger partial charge in [0.05, 0.1) is 24.0 Å². The van der Waals surface area contributed by atoms with Crippen molar-refractivity contribution in [1.82, 2.24) is 15.3 Å². The number of carbonyl (C=O) groups is 2. The second kappa shape index (κ2) is 8.69. The number of rotatable bonds is 4. The summed E-state index contributed by atoms with van der Waals surface area (Å²) < 4.78 is 0. The number of β-amino-alcohol motifs (C(OH)–C–C–N with tert-alkyl or cyclic N) is 1. The van der Waals surface area contributed by atoms with Crippen molar-refractivity contribution in [3.8, 4) is 0 Å². The molecule has 2 heterocycles. The van der Waals surface area contributed by atoms with Gasteiger partial charge in [-0.25, -0.2) is 9.80 Å². The maximum absolute atomic E-state index is 13.2. The Morgan fingerprint density at radius 2 is 2.00 bits per heavy atom. The zero-order chi connectivity index (χ0) is 21.3. The van der Waals surface area contributed by atoms with Gasteiger partial charge in [-0.2, -0.15) is 0 Å². The normalized spacial score (nSPS) is 22.2. The van der Waals surface area contributed by atoms with E-state index in [-0.39, 0.29) is 36.5 Å². The SMILES string of the molecule is CC(=O)N1c2ccc(C3CNN(CCO)C3)cc2N(C(=O)N(C)C(C)C)C[C@@H]1C. The Morgan fingerprint density at radius 3 is 2.62 bits per heavy atom. The van der Waals surface area contributed by atoms with Gasteiger partial charge >= 0.3 is 6.03 Å². The fourth-order valence-electron chi connectivity index (χ4n) is 4.12. The van der Waals surface area contributed by atoms with Gasteiger partial charge < -0.3 is 14.9 Å². The molecular weight excluding hydrogens is 370 g/mol. The molecule has 1 saturated heterocycles. The van der Waals surface area contributed by atoms with E-state index >= 15 is 0 Å². The van der Waals surface area contributed by atoms with Crippen molar-refractivity contribution >= 4 is 23.3 Å². The zero-order valence-corrected chi connectivity index (χ0v) is 18.1. The molecule has 29 heavy (non-hydrogen) atoms. The highest BCUT2D eigenvalue weighted by molar-refractivity contribution is 6.03. The van der Waals surface area contributed by atoms with Gasteiger partial charge in [0.2, 0.25) is 5.91 Å². The Labute approximate surface area is 173 Å². The van der Waals surface area contributed by atoms with E-state index in [0.29, 0.717) is 13.1 Å². The number of hydrazine groups is 1. The number of nitrogens with zero attached hydrogens (tertiary/aromatic N) is 4. The largest absolute Gasteiger partial charge is 0.395 e. The van der Waals surface area contributed by atoms with Crippen molar-refractivity contribution in [2.75, 3.05) is 49.6 Å². The third-order valence-corrected chi connectivity index (χ3v) is 5.93. The molecule has 8 nitrogen and oxygen atoms in total. The number of hydrogen-bond donors (Lipinski definition) is 2. The van der Waals surface area contributed by atoms with Gasteiger partial charge in [0.1, 0.15) is 0 Å². The first-order chi connectivity index (χ1) is 13.7. The maximum atomic E-state index is 13.2. The predicted octanol–water partition coefficient (Wildman–Crippen LogP) is 1.60. The van der Waals surface area contributed by atoms with Crippen molar-refractivity contribution in [3.05, 3.63) is 23.8 Å². The van der Waals surface area contributed by atoms with Gasteiger partial charge in [-0.15, -0.1) is 0 Å². The van der Waals surface area contributed by atoms with Gasteiger partial charge in [-0.3, -0.25) is 15.1 Å². The molecule has 0 bridgehead atoms. The van der Waals surface area contributed by atoms with E-state index in [9.17, 15) is 14.7 Å². The van der Waals surface area contributed by atoms with E-state index < -0.39 is 0 Å². The van der Waals surface area contributed by atoms with Crippen LogP contribution in [0.2, 0.25) is 0 Å². The summed E-state index contributed by atoms with van der Waals surface area (Å²) in [6.45, 7) is 10.3. The first-order valence-corrected chi connectivity index (χ1v) is 10.3. The maximum Gasteiger partial charge on any atom is 0.324 e. The van der Waals surface area contributed by atoms with Gasteiger partial charge in [0, 0.05) is 52.1 Å². The number of anilines is 2. The molecule has 2 atom stereocenters. The molecule has 2 aliphatic heterocycles. The third kappa shape index (κ3) is 4.24. The van der Waals surface area contributed by atoms with Crippen LogP contribution in [-0.2, 0) is 4.79 Å². The van der Waals surface area contributed by atoms with Crippen LogP contribution < -0.4 is 15.2 Å². The summed E-state index contributed by atoms with van der Waals surface area (Å²) in [5.74, 6) is 0.240. The highest BCUT2D eigenvalue weighted by atomic mass is 16.3. The first-order valence-electron chi connectivity index (χ1n) is 10.3.